The van der Waals surface area contributed by atoms with Crippen molar-refractivity contribution in [2.45, 2.75) is 33.0 Å². The number of rotatable bonds is 5. The lowest BCUT2D eigenvalue weighted by atomic mass is 10.0. The molecule has 130 valence electrons. The summed E-state index contributed by atoms with van der Waals surface area (Å²) in [6, 6.07) is 9.23. The quantitative estimate of drug-likeness (QED) is 0.865. The molecule has 0 spiro atoms. The number of nitrogens with one attached hydrogen (secondary N) is 2. The molecule has 0 saturated heterocycles. The molecular weight excluding hydrogens is 336 g/mol. The molecule has 6 nitrogen and oxygen atoms in total. The van der Waals surface area contributed by atoms with E-state index in [1.807, 2.05) is 42.6 Å². The van der Waals surface area contributed by atoms with Crippen LogP contribution in [0.25, 0.3) is 0 Å². The van der Waals surface area contributed by atoms with Crippen LogP contribution in [0.5, 0.6) is 0 Å². The summed E-state index contributed by atoms with van der Waals surface area (Å²) in [6.07, 6.45) is 1.74. The van der Waals surface area contributed by atoms with Gasteiger partial charge in [0.1, 0.15) is 5.01 Å². The SMILES string of the molecule is CC1=C(C(=O)N(Cc2ccccc2)Cc2nccs2)[C@H](C)NC(=O)N1. The van der Waals surface area contributed by atoms with Crippen molar-refractivity contribution >= 4 is 23.3 Å². The van der Waals surface area contributed by atoms with Crippen molar-refractivity contribution in [2.75, 3.05) is 0 Å². The topological polar surface area (TPSA) is 74.3 Å². The van der Waals surface area contributed by atoms with E-state index in [4.69, 9.17) is 0 Å². The highest BCUT2D eigenvalue weighted by Gasteiger charge is 2.30. The van der Waals surface area contributed by atoms with Crippen molar-refractivity contribution in [2.24, 2.45) is 0 Å². The molecule has 1 aromatic carbocycles. The van der Waals surface area contributed by atoms with Crippen molar-refractivity contribution in [1.29, 1.82) is 0 Å². The van der Waals surface area contributed by atoms with E-state index in [-0.39, 0.29) is 18.0 Å². The first-order chi connectivity index (χ1) is 12.0. The second-order valence-corrected chi connectivity index (χ2v) is 6.91. The zero-order valence-electron chi connectivity index (χ0n) is 14.2. The number of urea groups is 1. The summed E-state index contributed by atoms with van der Waals surface area (Å²) >= 11 is 1.52. The van der Waals surface area contributed by atoms with Gasteiger partial charge in [-0.3, -0.25) is 4.79 Å². The van der Waals surface area contributed by atoms with E-state index in [2.05, 4.69) is 15.6 Å². The van der Waals surface area contributed by atoms with Gasteiger partial charge in [-0.2, -0.15) is 0 Å². The van der Waals surface area contributed by atoms with Gasteiger partial charge < -0.3 is 15.5 Å². The number of carbonyl (C=O) groups is 2. The van der Waals surface area contributed by atoms with Crippen molar-refractivity contribution in [3.05, 3.63) is 63.7 Å². The fourth-order valence-electron chi connectivity index (χ4n) is 2.88. The van der Waals surface area contributed by atoms with Crippen LogP contribution in [-0.4, -0.2) is 27.9 Å². The summed E-state index contributed by atoms with van der Waals surface area (Å²) in [5, 5.41) is 8.21. The monoisotopic (exact) mass is 356 g/mol. The molecule has 2 aromatic rings. The van der Waals surface area contributed by atoms with E-state index in [1.165, 1.54) is 11.3 Å². The van der Waals surface area contributed by atoms with Gasteiger partial charge >= 0.3 is 6.03 Å². The second-order valence-electron chi connectivity index (χ2n) is 5.93. The van der Waals surface area contributed by atoms with Crippen LogP contribution in [0.4, 0.5) is 4.79 Å². The Labute approximate surface area is 150 Å². The first kappa shape index (κ1) is 17.2. The Hall–Kier alpha value is -2.67. The molecule has 7 heteroatoms. The lowest BCUT2D eigenvalue weighted by molar-refractivity contribution is -0.128. The van der Waals surface area contributed by atoms with Crippen molar-refractivity contribution in [3.8, 4) is 0 Å². The predicted molar refractivity (Wildman–Crippen MR) is 96.6 cm³/mol. The molecule has 2 heterocycles. The maximum atomic E-state index is 13.2. The number of carbonyl (C=O) groups excluding carboxylic acids is 2. The molecule has 2 N–H and O–H groups in total. The normalized spacial score (nSPS) is 17.0. The fraction of sp³-hybridized carbons (Fsp3) is 0.278. The van der Waals surface area contributed by atoms with Crippen LogP contribution in [-0.2, 0) is 17.9 Å². The summed E-state index contributed by atoms with van der Waals surface area (Å²) in [5.41, 5.74) is 2.22. The molecule has 0 unspecified atom stereocenters. The lowest BCUT2D eigenvalue weighted by Crippen LogP contribution is -2.50. The molecule has 25 heavy (non-hydrogen) atoms. The van der Waals surface area contributed by atoms with Gasteiger partial charge in [-0.1, -0.05) is 30.3 Å². The average molecular weight is 356 g/mol. The zero-order valence-corrected chi connectivity index (χ0v) is 15.0. The van der Waals surface area contributed by atoms with E-state index in [9.17, 15) is 9.59 Å². The van der Waals surface area contributed by atoms with E-state index in [1.54, 1.807) is 18.0 Å². The molecule has 1 aliphatic rings. The first-order valence-electron chi connectivity index (χ1n) is 8.04. The van der Waals surface area contributed by atoms with Crippen molar-refractivity contribution in [3.63, 3.8) is 0 Å². The fourth-order valence-corrected chi connectivity index (χ4v) is 3.51. The van der Waals surface area contributed by atoms with E-state index >= 15 is 0 Å². The van der Waals surface area contributed by atoms with E-state index in [0.717, 1.165) is 10.6 Å². The van der Waals surface area contributed by atoms with Gasteiger partial charge in [-0.15, -0.1) is 11.3 Å². The molecule has 0 aliphatic carbocycles. The number of aromatic nitrogens is 1. The number of thiazole rings is 1. The number of hydrogen-bond donors (Lipinski definition) is 2. The molecule has 0 radical (unpaired) electrons. The minimum absolute atomic E-state index is 0.100. The number of allylic oxidation sites excluding steroid dienone is 1. The first-order valence-corrected chi connectivity index (χ1v) is 8.92. The molecule has 0 saturated carbocycles. The molecular formula is C18H20N4O2S. The molecule has 1 atom stereocenters. The molecule has 3 rings (SSSR count). The third-order valence-corrected chi connectivity index (χ3v) is 4.79. The summed E-state index contributed by atoms with van der Waals surface area (Å²) in [6.45, 7) is 4.49. The van der Waals surface area contributed by atoms with Crippen molar-refractivity contribution in [1.82, 2.24) is 20.5 Å². The van der Waals surface area contributed by atoms with Crippen LogP contribution in [0, 0.1) is 0 Å². The van der Waals surface area contributed by atoms with E-state index in [0.29, 0.717) is 24.4 Å². The minimum Gasteiger partial charge on any atom is -0.331 e. The third kappa shape index (κ3) is 4.06. The zero-order chi connectivity index (χ0) is 17.8. The molecule has 1 aliphatic heterocycles. The Morgan fingerprint density at radius 3 is 2.68 bits per heavy atom. The molecule has 0 bridgehead atoms. The average Bonchev–Trinajstić information content (AvgIpc) is 3.07. The number of amides is 3. The van der Waals surface area contributed by atoms with Crippen LogP contribution in [0.2, 0.25) is 0 Å². The van der Waals surface area contributed by atoms with Crippen molar-refractivity contribution < 1.29 is 9.59 Å². The Morgan fingerprint density at radius 2 is 2.04 bits per heavy atom. The van der Waals surface area contributed by atoms with E-state index < -0.39 is 0 Å². The maximum absolute atomic E-state index is 13.2. The standard InChI is InChI=1S/C18H20N4O2S/c1-12-16(13(2)21-18(24)20-12)17(23)22(11-15-19-8-9-25-15)10-14-6-4-3-5-7-14/h3-9,12H,10-11H2,1-2H3,(H2,20,21,24)/t12-/m0/s1. The smallest absolute Gasteiger partial charge is 0.319 e. The van der Waals surface area contributed by atoms with Crippen LogP contribution < -0.4 is 10.6 Å². The van der Waals surface area contributed by atoms with Crippen LogP contribution >= 0.6 is 11.3 Å². The Balaban J connectivity index is 1.88. The predicted octanol–water partition coefficient (Wildman–Crippen LogP) is 2.65. The maximum Gasteiger partial charge on any atom is 0.319 e. The largest absolute Gasteiger partial charge is 0.331 e. The summed E-state index contributed by atoms with van der Waals surface area (Å²) in [5.74, 6) is -0.100. The summed E-state index contributed by atoms with van der Waals surface area (Å²) < 4.78 is 0. The Kier molecular flexibility index (Phi) is 5.14. The molecule has 3 amide bonds. The summed E-state index contributed by atoms with van der Waals surface area (Å²) in [7, 11) is 0. The number of benzene rings is 1. The highest BCUT2D eigenvalue weighted by atomic mass is 32.1. The minimum atomic E-state index is -0.337. The second kappa shape index (κ2) is 7.48. The van der Waals surface area contributed by atoms with Crippen LogP contribution in [0.1, 0.15) is 24.4 Å². The number of hydrogen-bond acceptors (Lipinski definition) is 4. The summed E-state index contributed by atoms with van der Waals surface area (Å²) in [4.78, 5) is 30.9. The van der Waals surface area contributed by atoms with Gasteiger partial charge in [0.25, 0.3) is 5.91 Å². The highest BCUT2D eigenvalue weighted by Crippen LogP contribution is 2.19. The number of nitrogens with zero attached hydrogens (tertiary/aromatic N) is 2. The van der Waals surface area contributed by atoms with Crippen LogP contribution in [0.15, 0.2) is 53.2 Å². The van der Waals surface area contributed by atoms with Gasteiger partial charge in [0.15, 0.2) is 0 Å². The molecule has 1 aromatic heterocycles. The van der Waals surface area contributed by atoms with Gasteiger partial charge in [0.2, 0.25) is 0 Å². The van der Waals surface area contributed by atoms with Gasteiger partial charge in [0, 0.05) is 23.8 Å². The Morgan fingerprint density at radius 1 is 1.28 bits per heavy atom. The Bertz CT molecular complexity index is 787. The van der Waals surface area contributed by atoms with Gasteiger partial charge in [-0.25, -0.2) is 9.78 Å². The van der Waals surface area contributed by atoms with Gasteiger partial charge in [-0.05, 0) is 19.4 Å². The van der Waals surface area contributed by atoms with Gasteiger partial charge in [0.05, 0.1) is 18.2 Å². The lowest BCUT2D eigenvalue weighted by Gasteiger charge is -2.30. The molecule has 0 fully saturated rings. The highest BCUT2D eigenvalue weighted by molar-refractivity contribution is 7.09. The third-order valence-electron chi connectivity index (χ3n) is 4.03. The van der Waals surface area contributed by atoms with Crippen LogP contribution in [0.3, 0.4) is 0 Å².